The van der Waals surface area contributed by atoms with E-state index in [2.05, 4.69) is 22.0 Å². The fourth-order valence-electron chi connectivity index (χ4n) is 3.32. The van der Waals surface area contributed by atoms with Crippen LogP contribution in [0.5, 0.6) is 0 Å². The van der Waals surface area contributed by atoms with Crippen LogP contribution in [0.4, 0.5) is 0 Å². The van der Waals surface area contributed by atoms with Crippen molar-refractivity contribution in [3.05, 3.63) is 62.6 Å². The molecule has 26 heavy (non-hydrogen) atoms. The van der Waals surface area contributed by atoms with Crippen molar-refractivity contribution in [3.8, 4) is 0 Å². The molecule has 0 fully saturated rings. The van der Waals surface area contributed by atoms with Gasteiger partial charge in [-0.1, -0.05) is 30.3 Å². The van der Waals surface area contributed by atoms with Crippen molar-refractivity contribution in [2.75, 3.05) is 7.05 Å². The number of aromatic nitrogens is 4. The Balaban J connectivity index is 2.07. The predicted octanol–water partition coefficient (Wildman–Crippen LogP) is 1.65. The van der Waals surface area contributed by atoms with Crippen molar-refractivity contribution in [2.45, 2.75) is 33.0 Å². The summed E-state index contributed by atoms with van der Waals surface area (Å²) in [7, 11) is 5.18. The first-order chi connectivity index (χ1) is 12.3. The highest BCUT2D eigenvalue weighted by Crippen LogP contribution is 2.19. The van der Waals surface area contributed by atoms with Crippen LogP contribution < -0.4 is 11.2 Å². The third-order valence-electron chi connectivity index (χ3n) is 4.59. The quantitative estimate of drug-likeness (QED) is 0.698. The Labute approximate surface area is 152 Å². The number of imidazole rings is 1. The van der Waals surface area contributed by atoms with Crippen molar-refractivity contribution in [1.29, 1.82) is 0 Å². The summed E-state index contributed by atoms with van der Waals surface area (Å²) < 4.78 is 4.52. The first-order valence-electron chi connectivity index (χ1n) is 8.70. The Hall–Kier alpha value is -2.67. The van der Waals surface area contributed by atoms with Crippen LogP contribution in [-0.2, 0) is 27.2 Å². The Morgan fingerprint density at radius 1 is 1.04 bits per heavy atom. The number of hydrogen-bond acceptors (Lipinski definition) is 4. The van der Waals surface area contributed by atoms with Gasteiger partial charge in [0.1, 0.15) is 5.82 Å². The molecule has 7 heteroatoms. The highest BCUT2D eigenvalue weighted by molar-refractivity contribution is 5.71. The third-order valence-corrected chi connectivity index (χ3v) is 4.59. The highest BCUT2D eigenvalue weighted by atomic mass is 16.2. The molecule has 2 heterocycles. The van der Waals surface area contributed by atoms with Crippen molar-refractivity contribution in [3.63, 3.8) is 0 Å². The molecule has 0 N–H and O–H groups in total. The first-order valence-corrected chi connectivity index (χ1v) is 8.70. The molecule has 138 valence electrons. The molecule has 3 aromatic rings. The van der Waals surface area contributed by atoms with E-state index >= 15 is 0 Å². The summed E-state index contributed by atoms with van der Waals surface area (Å²) in [5, 5.41) is 0. The van der Waals surface area contributed by atoms with Gasteiger partial charge in [-0.05, 0) is 26.5 Å². The van der Waals surface area contributed by atoms with Crippen molar-refractivity contribution >= 4 is 11.2 Å². The summed E-state index contributed by atoms with van der Waals surface area (Å²) in [4.78, 5) is 31.7. The van der Waals surface area contributed by atoms with E-state index in [-0.39, 0.29) is 17.3 Å². The topological polar surface area (TPSA) is 65.1 Å². The van der Waals surface area contributed by atoms with Crippen LogP contribution in [0.2, 0.25) is 0 Å². The lowest BCUT2D eigenvalue weighted by molar-refractivity contribution is 0.303. The average Bonchev–Trinajstić information content (AvgIpc) is 2.98. The second kappa shape index (κ2) is 6.92. The minimum absolute atomic E-state index is 0.0605. The SMILES string of the molecule is CC(C)n1c(CN(C)Cc2ccccc2)nc2c1c(=O)n(C)c(=O)n2C. The van der Waals surface area contributed by atoms with E-state index in [1.165, 1.54) is 17.2 Å². The molecule has 0 atom stereocenters. The predicted molar refractivity (Wildman–Crippen MR) is 102 cm³/mol. The van der Waals surface area contributed by atoms with Gasteiger partial charge >= 0.3 is 5.69 Å². The van der Waals surface area contributed by atoms with E-state index in [1.807, 2.05) is 43.7 Å². The van der Waals surface area contributed by atoms with E-state index in [9.17, 15) is 9.59 Å². The number of benzene rings is 1. The molecule has 0 unspecified atom stereocenters. The molecule has 0 saturated heterocycles. The second-order valence-corrected chi connectivity index (χ2v) is 7.03. The molecular weight excluding hydrogens is 330 g/mol. The number of aryl methyl sites for hydroxylation is 1. The number of rotatable bonds is 5. The molecule has 0 radical (unpaired) electrons. The molecule has 0 spiro atoms. The van der Waals surface area contributed by atoms with E-state index < -0.39 is 0 Å². The Morgan fingerprint density at radius 3 is 2.31 bits per heavy atom. The minimum Gasteiger partial charge on any atom is -0.318 e. The van der Waals surface area contributed by atoms with Gasteiger partial charge in [0.25, 0.3) is 5.56 Å². The zero-order chi connectivity index (χ0) is 19.0. The summed E-state index contributed by atoms with van der Waals surface area (Å²) in [6.07, 6.45) is 0. The number of hydrogen-bond donors (Lipinski definition) is 0. The van der Waals surface area contributed by atoms with Crippen molar-refractivity contribution in [2.24, 2.45) is 14.1 Å². The van der Waals surface area contributed by atoms with Crippen molar-refractivity contribution in [1.82, 2.24) is 23.6 Å². The fraction of sp³-hybridized carbons (Fsp3) is 0.421. The molecule has 0 bridgehead atoms. The largest absolute Gasteiger partial charge is 0.332 e. The fourth-order valence-corrected chi connectivity index (χ4v) is 3.32. The smallest absolute Gasteiger partial charge is 0.318 e. The lowest BCUT2D eigenvalue weighted by Gasteiger charge is -2.19. The van der Waals surface area contributed by atoms with Gasteiger partial charge in [0, 0.05) is 26.7 Å². The third kappa shape index (κ3) is 3.10. The number of nitrogens with zero attached hydrogens (tertiary/aromatic N) is 5. The maximum Gasteiger partial charge on any atom is 0.332 e. The molecule has 0 amide bonds. The maximum absolute atomic E-state index is 12.7. The summed E-state index contributed by atoms with van der Waals surface area (Å²) >= 11 is 0. The summed E-state index contributed by atoms with van der Waals surface area (Å²) in [6, 6.07) is 10.3. The Morgan fingerprint density at radius 2 is 1.69 bits per heavy atom. The molecule has 2 aromatic heterocycles. The van der Waals surface area contributed by atoms with Gasteiger partial charge in [-0.2, -0.15) is 0 Å². The van der Waals surface area contributed by atoms with Gasteiger partial charge in [0.2, 0.25) is 0 Å². The van der Waals surface area contributed by atoms with Crippen LogP contribution in [-0.4, -0.2) is 30.6 Å². The van der Waals surface area contributed by atoms with Gasteiger partial charge < -0.3 is 4.57 Å². The normalized spacial score (nSPS) is 11.8. The van der Waals surface area contributed by atoms with Crippen LogP contribution in [0.15, 0.2) is 39.9 Å². The number of fused-ring (bicyclic) bond motifs is 1. The van der Waals surface area contributed by atoms with Crippen LogP contribution in [0.3, 0.4) is 0 Å². The van der Waals surface area contributed by atoms with Crippen LogP contribution in [0.25, 0.3) is 11.2 Å². The van der Waals surface area contributed by atoms with Gasteiger partial charge in [0.05, 0.1) is 6.54 Å². The van der Waals surface area contributed by atoms with E-state index in [1.54, 1.807) is 7.05 Å². The molecule has 3 rings (SSSR count). The first kappa shape index (κ1) is 18.1. The summed E-state index contributed by atoms with van der Waals surface area (Å²) in [6.45, 7) is 5.40. The molecule has 0 saturated carbocycles. The molecule has 0 aliphatic rings. The van der Waals surface area contributed by atoms with Crippen LogP contribution >= 0.6 is 0 Å². The van der Waals surface area contributed by atoms with Gasteiger partial charge in [-0.25, -0.2) is 9.78 Å². The zero-order valence-electron chi connectivity index (χ0n) is 15.9. The Kier molecular flexibility index (Phi) is 4.82. The summed E-state index contributed by atoms with van der Waals surface area (Å²) in [5.41, 5.74) is 1.47. The molecule has 0 aliphatic carbocycles. The standard InChI is InChI=1S/C19H25N5O2/c1-13(2)24-15(12-21(3)11-14-9-7-6-8-10-14)20-17-16(24)18(25)23(5)19(26)22(17)4/h6-10,13H,11-12H2,1-5H3. The average molecular weight is 355 g/mol. The van der Waals surface area contributed by atoms with Crippen LogP contribution in [0.1, 0.15) is 31.3 Å². The van der Waals surface area contributed by atoms with E-state index in [4.69, 9.17) is 0 Å². The molecule has 1 aromatic carbocycles. The Bertz CT molecular complexity index is 1040. The second-order valence-electron chi connectivity index (χ2n) is 7.03. The maximum atomic E-state index is 12.7. The summed E-state index contributed by atoms with van der Waals surface area (Å²) in [5.74, 6) is 0.784. The molecule has 7 nitrogen and oxygen atoms in total. The highest BCUT2D eigenvalue weighted by Gasteiger charge is 2.21. The molecular formula is C19H25N5O2. The van der Waals surface area contributed by atoms with Crippen molar-refractivity contribution < 1.29 is 0 Å². The van der Waals surface area contributed by atoms with Gasteiger partial charge in [0.15, 0.2) is 11.2 Å². The van der Waals surface area contributed by atoms with Gasteiger partial charge in [-0.15, -0.1) is 0 Å². The lowest BCUT2D eigenvalue weighted by Crippen LogP contribution is -2.37. The minimum atomic E-state index is -0.361. The zero-order valence-corrected chi connectivity index (χ0v) is 15.9. The lowest BCUT2D eigenvalue weighted by atomic mass is 10.2. The molecule has 0 aliphatic heterocycles. The monoisotopic (exact) mass is 355 g/mol. The van der Waals surface area contributed by atoms with E-state index in [0.29, 0.717) is 17.7 Å². The van der Waals surface area contributed by atoms with Gasteiger partial charge in [-0.3, -0.25) is 18.8 Å². The van der Waals surface area contributed by atoms with Crippen LogP contribution in [0, 0.1) is 0 Å². The van der Waals surface area contributed by atoms with E-state index in [0.717, 1.165) is 16.9 Å².